The lowest BCUT2D eigenvalue weighted by Crippen LogP contribution is -2.52. The van der Waals surface area contributed by atoms with E-state index in [4.69, 9.17) is 4.98 Å². The van der Waals surface area contributed by atoms with E-state index < -0.39 is 0 Å². The van der Waals surface area contributed by atoms with Crippen LogP contribution in [0.15, 0.2) is 54.6 Å². The number of rotatable bonds is 7. The molecule has 2 aromatic carbocycles. The van der Waals surface area contributed by atoms with E-state index in [-0.39, 0.29) is 18.4 Å². The maximum atomic E-state index is 13.1. The summed E-state index contributed by atoms with van der Waals surface area (Å²) in [6.45, 7) is 6.74. The van der Waals surface area contributed by atoms with Gasteiger partial charge in [-0.2, -0.15) is 4.37 Å². The van der Waals surface area contributed by atoms with Crippen molar-refractivity contribution >= 4 is 28.5 Å². The first kappa shape index (κ1) is 22.9. The van der Waals surface area contributed by atoms with Gasteiger partial charge >= 0.3 is 0 Å². The van der Waals surface area contributed by atoms with E-state index in [1.54, 1.807) is 11.8 Å². The Hall–Kier alpha value is -3.26. The van der Waals surface area contributed by atoms with Crippen LogP contribution in [0.4, 0.5) is 5.13 Å². The summed E-state index contributed by atoms with van der Waals surface area (Å²) in [4.78, 5) is 35.1. The molecule has 33 heavy (non-hydrogen) atoms. The molecule has 1 aliphatic heterocycles. The van der Waals surface area contributed by atoms with Crippen LogP contribution >= 0.6 is 11.5 Å². The average molecular weight is 464 g/mol. The molecular weight excluding hydrogens is 434 g/mol. The van der Waals surface area contributed by atoms with Crippen molar-refractivity contribution in [2.24, 2.45) is 0 Å². The quantitative estimate of drug-likeness (QED) is 0.539. The van der Waals surface area contributed by atoms with Crippen molar-refractivity contribution in [3.8, 4) is 0 Å². The zero-order valence-corrected chi connectivity index (χ0v) is 19.9. The van der Waals surface area contributed by atoms with Gasteiger partial charge in [-0.25, -0.2) is 4.98 Å². The van der Waals surface area contributed by atoms with E-state index in [1.807, 2.05) is 28.0 Å². The van der Waals surface area contributed by atoms with E-state index in [9.17, 15) is 9.59 Å². The van der Waals surface area contributed by atoms with Crippen LogP contribution in [0.2, 0.25) is 0 Å². The smallest absolute Gasteiger partial charge is 0.242 e. The van der Waals surface area contributed by atoms with Crippen molar-refractivity contribution in [2.75, 3.05) is 37.6 Å². The fraction of sp³-hybridized carbons (Fsp3) is 0.360. The van der Waals surface area contributed by atoms with E-state index in [2.05, 4.69) is 47.7 Å². The van der Waals surface area contributed by atoms with Gasteiger partial charge in [-0.15, -0.1) is 0 Å². The number of benzene rings is 2. The Balaban J connectivity index is 1.47. The molecule has 1 aliphatic rings. The molecular formula is C25H29N5O2S. The van der Waals surface area contributed by atoms with Crippen LogP contribution in [0.5, 0.6) is 0 Å². The maximum Gasteiger partial charge on any atom is 0.242 e. The molecule has 8 heteroatoms. The number of carbonyl (C=O) groups is 2. The average Bonchev–Trinajstić information content (AvgIpc) is 3.29. The summed E-state index contributed by atoms with van der Waals surface area (Å²) in [5, 5.41) is 0.747. The minimum absolute atomic E-state index is 0.0458. The van der Waals surface area contributed by atoms with Crippen LogP contribution in [0.3, 0.4) is 0 Å². The Morgan fingerprint density at radius 1 is 0.939 bits per heavy atom. The minimum atomic E-state index is 0.0458. The van der Waals surface area contributed by atoms with Gasteiger partial charge in [-0.05, 0) is 18.1 Å². The number of hydrogen-bond donors (Lipinski definition) is 0. The van der Waals surface area contributed by atoms with Gasteiger partial charge in [-0.1, -0.05) is 60.2 Å². The molecule has 1 aromatic heterocycles. The minimum Gasteiger partial charge on any atom is -0.339 e. The van der Waals surface area contributed by atoms with Gasteiger partial charge < -0.3 is 14.7 Å². The van der Waals surface area contributed by atoms with Crippen molar-refractivity contribution in [1.29, 1.82) is 0 Å². The SMILES string of the molecule is CC(=O)N1CCN(C(=O)CN(Cc2ccccc2)c2nc(Cc3ccc(C)cc3)ns2)CC1. The Kier molecular flexibility index (Phi) is 7.34. The van der Waals surface area contributed by atoms with Gasteiger partial charge in [0.2, 0.25) is 16.9 Å². The number of hydrogen-bond acceptors (Lipinski definition) is 6. The third-order valence-electron chi connectivity index (χ3n) is 5.83. The highest BCUT2D eigenvalue weighted by Crippen LogP contribution is 2.22. The second-order valence-electron chi connectivity index (χ2n) is 8.38. The third-order valence-corrected chi connectivity index (χ3v) is 6.65. The second-order valence-corrected chi connectivity index (χ2v) is 9.11. The van der Waals surface area contributed by atoms with Gasteiger partial charge in [0.05, 0.1) is 6.54 Å². The fourth-order valence-electron chi connectivity index (χ4n) is 3.86. The fourth-order valence-corrected chi connectivity index (χ4v) is 4.55. The van der Waals surface area contributed by atoms with E-state index in [0.717, 1.165) is 16.5 Å². The van der Waals surface area contributed by atoms with Gasteiger partial charge in [0, 0.05) is 57.6 Å². The Bertz CT molecular complexity index is 1080. The molecule has 172 valence electrons. The summed E-state index contributed by atoms with van der Waals surface area (Å²) >= 11 is 1.33. The van der Waals surface area contributed by atoms with Crippen LogP contribution < -0.4 is 4.90 Å². The van der Waals surface area contributed by atoms with E-state index >= 15 is 0 Å². The highest BCUT2D eigenvalue weighted by molar-refractivity contribution is 7.09. The van der Waals surface area contributed by atoms with Crippen LogP contribution in [0, 0.1) is 6.92 Å². The summed E-state index contributed by atoms with van der Waals surface area (Å²) in [5.74, 6) is 0.867. The normalized spacial score (nSPS) is 13.8. The number of carbonyl (C=O) groups excluding carboxylic acids is 2. The van der Waals surface area contributed by atoms with E-state index in [1.165, 1.54) is 22.7 Å². The lowest BCUT2D eigenvalue weighted by molar-refractivity contribution is -0.137. The van der Waals surface area contributed by atoms with Crippen LogP contribution in [-0.2, 0) is 22.6 Å². The van der Waals surface area contributed by atoms with E-state index in [0.29, 0.717) is 39.1 Å². The Morgan fingerprint density at radius 2 is 1.61 bits per heavy atom. The monoisotopic (exact) mass is 463 g/mol. The molecule has 1 saturated heterocycles. The van der Waals surface area contributed by atoms with Gasteiger partial charge in [0.15, 0.2) is 0 Å². The number of aromatic nitrogens is 2. The zero-order chi connectivity index (χ0) is 23.2. The first-order valence-electron chi connectivity index (χ1n) is 11.2. The highest BCUT2D eigenvalue weighted by atomic mass is 32.1. The molecule has 4 rings (SSSR count). The number of piperazine rings is 1. The molecule has 1 fully saturated rings. The highest BCUT2D eigenvalue weighted by Gasteiger charge is 2.25. The molecule has 0 aliphatic carbocycles. The second kappa shape index (κ2) is 10.6. The summed E-state index contributed by atoms with van der Waals surface area (Å²) in [6.07, 6.45) is 0.664. The number of amides is 2. The van der Waals surface area contributed by atoms with Crippen molar-refractivity contribution in [3.05, 3.63) is 77.1 Å². The molecule has 2 amide bonds. The van der Waals surface area contributed by atoms with Gasteiger partial charge in [-0.3, -0.25) is 9.59 Å². The number of anilines is 1. The molecule has 0 radical (unpaired) electrons. The standard InChI is InChI=1S/C25H29N5O2S/c1-19-8-10-21(11-9-19)16-23-26-25(33-27-23)30(17-22-6-4-3-5-7-22)18-24(32)29-14-12-28(13-15-29)20(2)31/h3-11H,12-18H2,1-2H3. The predicted octanol–water partition coefficient (Wildman–Crippen LogP) is 3.13. The molecule has 7 nitrogen and oxygen atoms in total. The summed E-state index contributed by atoms with van der Waals surface area (Å²) in [6, 6.07) is 18.5. The Morgan fingerprint density at radius 3 is 2.27 bits per heavy atom. The molecule has 0 bridgehead atoms. The molecule has 0 saturated carbocycles. The van der Waals surface area contributed by atoms with Gasteiger partial charge in [0.1, 0.15) is 5.82 Å². The summed E-state index contributed by atoms with van der Waals surface area (Å²) in [5.41, 5.74) is 3.50. The number of aryl methyl sites for hydroxylation is 1. The molecule has 0 atom stereocenters. The van der Waals surface area contributed by atoms with Crippen molar-refractivity contribution in [1.82, 2.24) is 19.2 Å². The number of nitrogens with zero attached hydrogens (tertiary/aromatic N) is 5. The first-order chi connectivity index (χ1) is 16.0. The van der Waals surface area contributed by atoms with Crippen molar-refractivity contribution in [3.63, 3.8) is 0 Å². The predicted molar refractivity (Wildman–Crippen MR) is 130 cm³/mol. The maximum absolute atomic E-state index is 13.1. The lowest BCUT2D eigenvalue weighted by Gasteiger charge is -2.35. The molecule has 0 spiro atoms. The largest absolute Gasteiger partial charge is 0.339 e. The van der Waals surface area contributed by atoms with Crippen molar-refractivity contribution < 1.29 is 9.59 Å². The van der Waals surface area contributed by atoms with Gasteiger partial charge in [0.25, 0.3) is 0 Å². The lowest BCUT2D eigenvalue weighted by atomic mass is 10.1. The summed E-state index contributed by atoms with van der Waals surface area (Å²) < 4.78 is 4.57. The van der Waals surface area contributed by atoms with Crippen molar-refractivity contribution in [2.45, 2.75) is 26.8 Å². The Labute approximate surface area is 198 Å². The summed E-state index contributed by atoms with van der Waals surface area (Å²) in [7, 11) is 0. The van der Waals surface area contributed by atoms with Crippen LogP contribution in [-0.4, -0.2) is 63.7 Å². The first-order valence-corrected chi connectivity index (χ1v) is 12.0. The van der Waals surface area contributed by atoms with Crippen LogP contribution in [0.25, 0.3) is 0 Å². The zero-order valence-electron chi connectivity index (χ0n) is 19.1. The topological polar surface area (TPSA) is 69.6 Å². The third kappa shape index (κ3) is 6.16. The molecule has 3 aromatic rings. The molecule has 0 N–H and O–H groups in total. The van der Waals surface area contributed by atoms with Crippen LogP contribution in [0.1, 0.15) is 29.4 Å². The molecule has 2 heterocycles. The molecule has 0 unspecified atom stereocenters.